The second-order valence-corrected chi connectivity index (χ2v) is 4.58. The molecule has 0 heterocycles. The van der Waals surface area contributed by atoms with Gasteiger partial charge in [0.2, 0.25) is 10.0 Å². The molecule has 0 amide bonds. The fraction of sp³-hybridized carbons (Fsp3) is 1.00. The Labute approximate surface area is 69.2 Å². The lowest BCUT2D eigenvalue weighted by atomic mass is 10.4. The summed E-state index contributed by atoms with van der Waals surface area (Å²) in [5, 5.41) is 4.75. The average Bonchev–Trinajstić information content (AvgIpc) is 1.63. The van der Waals surface area contributed by atoms with Gasteiger partial charge in [-0.3, -0.25) is 0 Å². The summed E-state index contributed by atoms with van der Waals surface area (Å²) in [6.45, 7) is 0. The van der Waals surface area contributed by atoms with Crippen molar-refractivity contribution in [2.75, 3.05) is 10.2 Å². The second kappa shape index (κ2) is 4.45. The van der Waals surface area contributed by atoms with E-state index in [4.69, 9.17) is 5.14 Å². The van der Waals surface area contributed by atoms with Crippen LogP contribution in [0.4, 0.5) is 0 Å². The van der Waals surface area contributed by atoms with E-state index in [1.54, 1.807) is 0 Å². The molecule has 3 nitrogen and oxygen atoms in total. The van der Waals surface area contributed by atoms with Crippen molar-refractivity contribution < 1.29 is 8.42 Å². The Morgan fingerprint density at radius 2 is 1.89 bits per heavy atom. The third-order valence-corrected chi connectivity index (χ3v) is 2.43. The van der Waals surface area contributed by atoms with Crippen molar-refractivity contribution in [3.05, 3.63) is 0 Å². The van der Waals surface area contributed by atoms with Crippen molar-refractivity contribution in [1.29, 1.82) is 0 Å². The van der Waals surface area contributed by atoms with Crippen LogP contribution in [0.15, 0.2) is 0 Å². The molecule has 0 radical (unpaired) electrons. The molecule has 0 spiro atoms. The van der Waals surface area contributed by atoms with Gasteiger partial charge < -0.3 is 0 Å². The highest BCUT2D eigenvalue weighted by atomic mass is 127. The predicted octanol–water partition coefficient (Wildman–Crippen LogP) is 0.490. The van der Waals surface area contributed by atoms with Gasteiger partial charge in [-0.2, -0.15) is 0 Å². The van der Waals surface area contributed by atoms with Crippen LogP contribution in [0.25, 0.3) is 0 Å². The van der Waals surface area contributed by atoms with Crippen LogP contribution in [0, 0.1) is 0 Å². The van der Waals surface area contributed by atoms with E-state index in [1.807, 2.05) is 0 Å². The molecule has 0 fully saturated rings. The first-order chi connectivity index (χ1) is 4.06. The summed E-state index contributed by atoms with van der Waals surface area (Å²) in [5.41, 5.74) is 0. The molecule has 9 heavy (non-hydrogen) atoms. The molecular weight excluding hydrogens is 253 g/mol. The minimum atomic E-state index is -3.20. The smallest absolute Gasteiger partial charge is 0.209 e. The number of hydrogen-bond donors (Lipinski definition) is 1. The molecule has 0 saturated heterocycles. The topological polar surface area (TPSA) is 60.2 Å². The maximum absolute atomic E-state index is 10.3. The zero-order chi connectivity index (χ0) is 7.33. The number of primary sulfonamides is 1. The number of sulfonamides is 1. The molecule has 56 valence electrons. The van der Waals surface area contributed by atoms with E-state index in [9.17, 15) is 8.42 Å². The third-order valence-electron chi connectivity index (χ3n) is 0.812. The van der Waals surface area contributed by atoms with E-state index in [0.29, 0.717) is 6.42 Å². The molecule has 0 atom stereocenters. The number of unbranched alkanes of at least 4 members (excludes halogenated alkanes) is 1. The SMILES string of the molecule is NS(=O)(=O)CCCCI. The highest BCUT2D eigenvalue weighted by Crippen LogP contribution is 1.95. The van der Waals surface area contributed by atoms with Crippen LogP contribution in [-0.2, 0) is 10.0 Å². The van der Waals surface area contributed by atoms with Gasteiger partial charge in [0.25, 0.3) is 0 Å². The number of hydrogen-bond acceptors (Lipinski definition) is 2. The summed E-state index contributed by atoms with van der Waals surface area (Å²) in [6, 6.07) is 0. The molecule has 0 aliphatic rings. The number of halogens is 1. The van der Waals surface area contributed by atoms with Gasteiger partial charge >= 0.3 is 0 Å². The zero-order valence-corrected chi connectivity index (χ0v) is 7.98. The fourth-order valence-corrected chi connectivity index (χ4v) is 1.54. The van der Waals surface area contributed by atoms with E-state index in [1.165, 1.54) is 0 Å². The molecule has 0 aromatic rings. The largest absolute Gasteiger partial charge is 0.229 e. The zero-order valence-electron chi connectivity index (χ0n) is 5.01. The predicted molar refractivity (Wildman–Crippen MR) is 46.1 cm³/mol. The lowest BCUT2D eigenvalue weighted by Crippen LogP contribution is -2.16. The molecule has 0 aromatic carbocycles. The standard InChI is InChI=1S/C4H10INO2S/c5-3-1-2-4-9(6,7)8/h1-4H2,(H2,6,7,8). The molecule has 0 aliphatic heterocycles. The highest BCUT2D eigenvalue weighted by Gasteiger charge is 1.99. The van der Waals surface area contributed by atoms with Gasteiger partial charge in [-0.15, -0.1) is 0 Å². The summed E-state index contributed by atoms with van der Waals surface area (Å²) < 4.78 is 21.6. The first kappa shape index (κ1) is 9.64. The summed E-state index contributed by atoms with van der Waals surface area (Å²) in [7, 11) is -3.20. The van der Waals surface area contributed by atoms with E-state index < -0.39 is 10.0 Å². The minimum absolute atomic E-state index is 0.121. The average molecular weight is 263 g/mol. The second-order valence-electron chi connectivity index (χ2n) is 1.76. The highest BCUT2D eigenvalue weighted by molar-refractivity contribution is 14.1. The monoisotopic (exact) mass is 263 g/mol. The van der Waals surface area contributed by atoms with Crippen molar-refractivity contribution in [2.45, 2.75) is 12.8 Å². The van der Waals surface area contributed by atoms with Crippen molar-refractivity contribution in [3.63, 3.8) is 0 Å². The Morgan fingerprint density at radius 1 is 1.33 bits per heavy atom. The van der Waals surface area contributed by atoms with Crippen molar-refractivity contribution in [3.8, 4) is 0 Å². The Balaban J connectivity index is 3.30. The van der Waals surface area contributed by atoms with E-state index in [0.717, 1.165) is 10.8 Å². The summed E-state index contributed by atoms with van der Waals surface area (Å²) in [6.07, 6.45) is 1.61. The Bertz CT molecular complexity index is 154. The van der Waals surface area contributed by atoms with Crippen LogP contribution in [-0.4, -0.2) is 18.6 Å². The normalized spacial score (nSPS) is 11.8. The van der Waals surface area contributed by atoms with Gasteiger partial charge in [0.15, 0.2) is 0 Å². The number of nitrogens with two attached hydrogens (primary N) is 1. The van der Waals surface area contributed by atoms with Gasteiger partial charge in [-0.25, -0.2) is 13.6 Å². The number of alkyl halides is 1. The van der Waals surface area contributed by atoms with Gasteiger partial charge in [0.1, 0.15) is 0 Å². The summed E-state index contributed by atoms with van der Waals surface area (Å²) in [4.78, 5) is 0. The molecule has 0 aliphatic carbocycles. The van der Waals surface area contributed by atoms with Gasteiger partial charge in [-0.1, -0.05) is 22.6 Å². The van der Waals surface area contributed by atoms with Crippen LogP contribution in [0.1, 0.15) is 12.8 Å². The third kappa shape index (κ3) is 8.64. The van der Waals surface area contributed by atoms with Crippen LogP contribution in [0.2, 0.25) is 0 Å². The Hall–Kier alpha value is 0.640. The lowest BCUT2D eigenvalue weighted by molar-refractivity contribution is 0.594. The molecular formula is C4H10INO2S. The van der Waals surface area contributed by atoms with Gasteiger partial charge in [0, 0.05) is 0 Å². The first-order valence-electron chi connectivity index (χ1n) is 2.62. The van der Waals surface area contributed by atoms with Crippen molar-refractivity contribution in [2.24, 2.45) is 5.14 Å². The van der Waals surface area contributed by atoms with Crippen LogP contribution in [0.5, 0.6) is 0 Å². The van der Waals surface area contributed by atoms with Crippen LogP contribution < -0.4 is 5.14 Å². The van der Waals surface area contributed by atoms with Crippen LogP contribution >= 0.6 is 22.6 Å². The van der Waals surface area contributed by atoms with E-state index >= 15 is 0 Å². The molecule has 5 heteroatoms. The molecule has 0 saturated carbocycles. The Kier molecular flexibility index (Phi) is 4.77. The molecule has 0 bridgehead atoms. The quantitative estimate of drug-likeness (QED) is 0.456. The number of rotatable bonds is 4. The maximum Gasteiger partial charge on any atom is 0.209 e. The lowest BCUT2D eigenvalue weighted by Gasteiger charge is -1.93. The van der Waals surface area contributed by atoms with Crippen molar-refractivity contribution >= 4 is 32.6 Å². The van der Waals surface area contributed by atoms with Crippen molar-refractivity contribution in [1.82, 2.24) is 0 Å². The molecule has 0 unspecified atom stereocenters. The van der Waals surface area contributed by atoms with Gasteiger partial charge in [0.05, 0.1) is 5.75 Å². The summed E-state index contributed by atoms with van der Waals surface area (Å²) >= 11 is 2.20. The molecule has 2 N–H and O–H groups in total. The fourth-order valence-electron chi connectivity index (χ4n) is 0.398. The molecule has 0 aromatic heterocycles. The first-order valence-corrected chi connectivity index (χ1v) is 5.87. The van der Waals surface area contributed by atoms with E-state index in [-0.39, 0.29) is 5.75 Å². The molecule has 0 rings (SSSR count). The summed E-state index contributed by atoms with van der Waals surface area (Å²) in [5.74, 6) is 0.121. The Morgan fingerprint density at radius 3 is 2.22 bits per heavy atom. The maximum atomic E-state index is 10.3. The van der Waals surface area contributed by atoms with Crippen LogP contribution in [0.3, 0.4) is 0 Å². The van der Waals surface area contributed by atoms with Gasteiger partial charge in [-0.05, 0) is 17.3 Å². The minimum Gasteiger partial charge on any atom is -0.229 e. The van der Waals surface area contributed by atoms with E-state index in [2.05, 4.69) is 22.6 Å².